The van der Waals surface area contributed by atoms with Crippen molar-refractivity contribution in [3.05, 3.63) is 23.4 Å². The molecule has 0 amide bonds. The highest BCUT2D eigenvalue weighted by Crippen LogP contribution is 2.23. The molecule has 2 aromatic rings. The molecular formula is C14H21ClN4OS. The largest absolute Gasteiger partial charge is 0.338 e. The minimum atomic E-state index is 0. The highest BCUT2D eigenvalue weighted by Gasteiger charge is 2.24. The molecule has 0 saturated carbocycles. The Morgan fingerprint density at radius 2 is 2.43 bits per heavy atom. The van der Waals surface area contributed by atoms with Gasteiger partial charge in [0.1, 0.15) is 0 Å². The van der Waals surface area contributed by atoms with Gasteiger partial charge in [-0.15, -0.1) is 23.7 Å². The number of aromatic nitrogens is 2. The fraction of sp³-hybridized carbons (Fsp3) is 0.571. The summed E-state index contributed by atoms with van der Waals surface area (Å²) < 4.78 is 5.36. The van der Waals surface area contributed by atoms with Gasteiger partial charge in [0.15, 0.2) is 0 Å². The van der Waals surface area contributed by atoms with Crippen LogP contribution in [-0.4, -0.2) is 34.2 Å². The molecule has 2 aromatic heterocycles. The van der Waals surface area contributed by atoms with Gasteiger partial charge in [-0.25, -0.2) is 0 Å². The minimum Gasteiger partial charge on any atom is -0.338 e. The first-order valence-corrected chi connectivity index (χ1v) is 7.95. The summed E-state index contributed by atoms with van der Waals surface area (Å²) in [6.45, 7) is 4.92. The maximum absolute atomic E-state index is 6.01. The second-order valence-corrected chi connectivity index (χ2v) is 6.43. The number of nitrogens with two attached hydrogens (primary N) is 1. The fourth-order valence-electron chi connectivity index (χ4n) is 2.68. The van der Waals surface area contributed by atoms with Gasteiger partial charge >= 0.3 is 0 Å². The van der Waals surface area contributed by atoms with Crippen LogP contribution in [0.4, 0.5) is 0 Å². The van der Waals surface area contributed by atoms with E-state index in [1.54, 1.807) is 11.3 Å². The topological polar surface area (TPSA) is 68.2 Å². The maximum atomic E-state index is 6.01. The molecule has 2 unspecified atom stereocenters. The quantitative estimate of drug-likeness (QED) is 0.934. The molecule has 1 fully saturated rings. The predicted octanol–water partition coefficient (Wildman–Crippen LogP) is 2.78. The summed E-state index contributed by atoms with van der Waals surface area (Å²) >= 11 is 1.62. The maximum Gasteiger partial charge on any atom is 0.241 e. The zero-order chi connectivity index (χ0) is 13.9. The van der Waals surface area contributed by atoms with E-state index < -0.39 is 0 Å². The summed E-state index contributed by atoms with van der Waals surface area (Å²) in [6.07, 6.45) is 2.41. The molecule has 0 aliphatic carbocycles. The molecular weight excluding hydrogens is 308 g/mol. The van der Waals surface area contributed by atoms with E-state index in [-0.39, 0.29) is 18.4 Å². The normalized spacial score (nSPS) is 21.0. The summed E-state index contributed by atoms with van der Waals surface area (Å²) in [5.41, 5.74) is 6.01. The van der Waals surface area contributed by atoms with E-state index in [2.05, 4.69) is 22.0 Å². The number of nitrogens with zero attached hydrogens (tertiary/aromatic N) is 3. The molecule has 5 nitrogen and oxygen atoms in total. The Kier molecular flexibility index (Phi) is 5.75. The van der Waals surface area contributed by atoms with Crippen LogP contribution >= 0.6 is 23.7 Å². The first-order valence-electron chi connectivity index (χ1n) is 7.07. The Morgan fingerprint density at radius 3 is 3.14 bits per heavy atom. The third-order valence-corrected chi connectivity index (χ3v) is 4.72. The van der Waals surface area contributed by atoms with Crippen molar-refractivity contribution in [1.29, 1.82) is 0 Å². The van der Waals surface area contributed by atoms with Gasteiger partial charge in [-0.1, -0.05) is 11.2 Å². The summed E-state index contributed by atoms with van der Waals surface area (Å²) in [7, 11) is 0. The summed E-state index contributed by atoms with van der Waals surface area (Å²) in [5, 5.41) is 6.07. The van der Waals surface area contributed by atoms with Crippen molar-refractivity contribution in [2.24, 2.45) is 11.7 Å². The number of rotatable bonds is 4. The van der Waals surface area contributed by atoms with E-state index in [0.29, 0.717) is 17.6 Å². The molecule has 7 heteroatoms. The lowest BCUT2D eigenvalue weighted by molar-refractivity contribution is 0.139. The minimum absolute atomic E-state index is 0. The van der Waals surface area contributed by atoms with E-state index >= 15 is 0 Å². The molecule has 0 radical (unpaired) electrons. The standard InChI is InChI=1S/C14H20N4OS.ClH/c1-10(15)11-4-2-6-18(8-11)9-13-16-14(17-19-13)12-5-3-7-20-12;/h3,5,7,10-11H,2,4,6,8-9,15H2,1H3;1H. The lowest BCUT2D eigenvalue weighted by atomic mass is 9.92. The highest BCUT2D eigenvalue weighted by atomic mass is 35.5. The predicted molar refractivity (Wildman–Crippen MR) is 86.5 cm³/mol. The van der Waals surface area contributed by atoms with E-state index in [0.717, 1.165) is 24.5 Å². The van der Waals surface area contributed by atoms with Crippen molar-refractivity contribution in [2.75, 3.05) is 13.1 Å². The first-order chi connectivity index (χ1) is 9.72. The molecule has 2 N–H and O–H groups in total. The molecule has 21 heavy (non-hydrogen) atoms. The van der Waals surface area contributed by atoms with Crippen LogP contribution in [0.5, 0.6) is 0 Å². The lowest BCUT2D eigenvalue weighted by Gasteiger charge is -2.33. The lowest BCUT2D eigenvalue weighted by Crippen LogP contribution is -2.41. The Bertz CT molecular complexity index is 543. The zero-order valence-corrected chi connectivity index (χ0v) is 13.7. The van der Waals surface area contributed by atoms with Gasteiger partial charge in [0.05, 0.1) is 11.4 Å². The van der Waals surface area contributed by atoms with Crippen LogP contribution in [0.2, 0.25) is 0 Å². The number of hydrogen-bond acceptors (Lipinski definition) is 6. The van der Waals surface area contributed by atoms with Gasteiger partial charge in [-0.05, 0) is 43.7 Å². The Balaban J connectivity index is 0.00000161. The molecule has 1 aliphatic heterocycles. The van der Waals surface area contributed by atoms with Gasteiger partial charge in [-0.3, -0.25) is 4.90 Å². The molecule has 0 aromatic carbocycles. The average molecular weight is 329 g/mol. The van der Waals surface area contributed by atoms with Gasteiger partial charge < -0.3 is 10.3 Å². The molecule has 1 saturated heterocycles. The highest BCUT2D eigenvalue weighted by molar-refractivity contribution is 7.13. The summed E-state index contributed by atoms with van der Waals surface area (Å²) in [5.74, 6) is 1.96. The number of hydrogen-bond donors (Lipinski definition) is 1. The van der Waals surface area contributed by atoms with Crippen LogP contribution in [0.25, 0.3) is 10.7 Å². The molecule has 116 valence electrons. The van der Waals surface area contributed by atoms with E-state index in [1.807, 2.05) is 17.5 Å². The number of halogens is 1. The zero-order valence-electron chi connectivity index (χ0n) is 12.1. The van der Waals surface area contributed by atoms with Gasteiger partial charge in [-0.2, -0.15) is 4.98 Å². The van der Waals surface area contributed by atoms with Crippen molar-refractivity contribution in [2.45, 2.75) is 32.4 Å². The van der Waals surface area contributed by atoms with Crippen molar-refractivity contribution < 1.29 is 4.52 Å². The van der Waals surface area contributed by atoms with E-state index in [4.69, 9.17) is 10.3 Å². The first kappa shape index (κ1) is 16.4. The van der Waals surface area contributed by atoms with Crippen molar-refractivity contribution in [1.82, 2.24) is 15.0 Å². The Labute approximate surface area is 134 Å². The Hall–Kier alpha value is -0.950. The average Bonchev–Trinajstić information content (AvgIpc) is 3.09. The molecule has 2 atom stereocenters. The molecule has 1 aliphatic rings. The summed E-state index contributed by atoms with van der Waals surface area (Å²) in [4.78, 5) is 7.89. The fourth-order valence-corrected chi connectivity index (χ4v) is 3.33. The van der Waals surface area contributed by atoms with E-state index in [1.165, 1.54) is 12.8 Å². The van der Waals surface area contributed by atoms with Crippen LogP contribution < -0.4 is 5.73 Å². The second kappa shape index (κ2) is 7.35. The summed E-state index contributed by atoms with van der Waals surface area (Å²) in [6, 6.07) is 4.25. The molecule has 3 heterocycles. The molecule has 0 bridgehead atoms. The van der Waals surface area contributed by atoms with Crippen LogP contribution in [0.15, 0.2) is 22.0 Å². The van der Waals surface area contributed by atoms with Crippen molar-refractivity contribution >= 4 is 23.7 Å². The van der Waals surface area contributed by atoms with Crippen LogP contribution in [-0.2, 0) is 6.54 Å². The number of thiophene rings is 1. The second-order valence-electron chi connectivity index (χ2n) is 5.49. The number of piperidine rings is 1. The van der Waals surface area contributed by atoms with Crippen LogP contribution in [0, 0.1) is 5.92 Å². The number of likely N-dealkylation sites (tertiary alicyclic amines) is 1. The van der Waals surface area contributed by atoms with E-state index in [9.17, 15) is 0 Å². The molecule has 3 rings (SSSR count). The monoisotopic (exact) mass is 328 g/mol. The van der Waals surface area contributed by atoms with Gasteiger partial charge in [0.25, 0.3) is 0 Å². The third-order valence-electron chi connectivity index (χ3n) is 3.85. The molecule has 0 spiro atoms. The smallest absolute Gasteiger partial charge is 0.241 e. The van der Waals surface area contributed by atoms with Gasteiger partial charge in [0, 0.05) is 12.6 Å². The van der Waals surface area contributed by atoms with Crippen LogP contribution in [0.1, 0.15) is 25.7 Å². The third kappa shape index (κ3) is 4.03. The SMILES string of the molecule is CC(N)C1CCCN(Cc2nc(-c3cccs3)no2)C1.Cl. The van der Waals surface area contributed by atoms with Gasteiger partial charge in [0.2, 0.25) is 11.7 Å². The van der Waals surface area contributed by atoms with Crippen molar-refractivity contribution in [3.63, 3.8) is 0 Å². The Morgan fingerprint density at radius 1 is 1.57 bits per heavy atom. The van der Waals surface area contributed by atoms with Crippen molar-refractivity contribution in [3.8, 4) is 10.7 Å². The van der Waals surface area contributed by atoms with Crippen LogP contribution in [0.3, 0.4) is 0 Å².